The highest BCUT2D eigenvalue weighted by Gasteiger charge is 2.35. The quantitative estimate of drug-likeness (QED) is 0.876. The fourth-order valence-corrected chi connectivity index (χ4v) is 1.89. The van der Waals surface area contributed by atoms with E-state index in [4.69, 9.17) is 15.2 Å². The summed E-state index contributed by atoms with van der Waals surface area (Å²) in [6.07, 6.45) is -4.53. The maximum absolute atomic E-state index is 13.1. The van der Waals surface area contributed by atoms with Gasteiger partial charge in [-0.15, -0.1) is 0 Å². The first-order chi connectivity index (χ1) is 9.24. The third kappa shape index (κ3) is 5.02. The Morgan fingerprint density at radius 1 is 1.25 bits per heavy atom. The Labute approximate surface area is 116 Å². The summed E-state index contributed by atoms with van der Waals surface area (Å²) >= 11 is 0. The minimum atomic E-state index is -4.46. The van der Waals surface area contributed by atoms with Gasteiger partial charge in [0.1, 0.15) is 11.9 Å². The molecule has 0 bridgehead atoms. The van der Waals surface area contributed by atoms with Crippen LogP contribution in [-0.2, 0) is 17.3 Å². The van der Waals surface area contributed by atoms with E-state index in [1.165, 1.54) is 13.2 Å². The van der Waals surface area contributed by atoms with Crippen LogP contribution >= 0.6 is 0 Å². The van der Waals surface area contributed by atoms with Crippen LogP contribution < -0.4 is 10.5 Å². The molecule has 2 N–H and O–H groups in total. The fraction of sp³-hybridized carbons (Fsp3) is 0.571. The molecular weight excluding hydrogens is 271 g/mol. The van der Waals surface area contributed by atoms with E-state index in [9.17, 15) is 13.2 Å². The molecule has 0 aliphatic carbocycles. The Morgan fingerprint density at radius 2 is 1.90 bits per heavy atom. The molecule has 0 amide bonds. The molecule has 20 heavy (non-hydrogen) atoms. The Kier molecular flexibility index (Phi) is 5.83. The first kappa shape index (κ1) is 16.8. The molecule has 114 valence electrons. The molecule has 1 rings (SSSR count). The van der Waals surface area contributed by atoms with E-state index < -0.39 is 17.8 Å². The molecule has 2 atom stereocenters. The van der Waals surface area contributed by atoms with Crippen LogP contribution in [0.15, 0.2) is 18.2 Å². The zero-order chi connectivity index (χ0) is 15.3. The zero-order valence-corrected chi connectivity index (χ0v) is 11.8. The van der Waals surface area contributed by atoms with Crippen LogP contribution in [0.2, 0.25) is 0 Å². The van der Waals surface area contributed by atoms with Crippen molar-refractivity contribution in [1.82, 2.24) is 0 Å². The van der Waals surface area contributed by atoms with Gasteiger partial charge >= 0.3 is 6.18 Å². The molecule has 0 spiro atoms. The lowest BCUT2D eigenvalue weighted by atomic mass is 10.0. The monoisotopic (exact) mass is 291 g/mol. The smallest absolute Gasteiger partial charge is 0.419 e. The van der Waals surface area contributed by atoms with Crippen molar-refractivity contribution in [2.45, 2.75) is 38.6 Å². The molecule has 1 aromatic carbocycles. The summed E-state index contributed by atoms with van der Waals surface area (Å²) in [5.41, 5.74) is 5.37. The average molecular weight is 291 g/mol. The van der Waals surface area contributed by atoms with Gasteiger partial charge in [0.2, 0.25) is 0 Å². The van der Waals surface area contributed by atoms with Gasteiger partial charge in [-0.05, 0) is 38.0 Å². The maximum Gasteiger partial charge on any atom is 0.419 e. The summed E-state index contributed by atoms with van der Waals surface area (Å²) in [6, 6.07) is 3.84. The van der Waals surface area contributed by atoms with E-state index in [0.717, 1.165) is 6.07 Å². The van der Waals surface area contributed by atoms with E-state index in [0.29, 0.717) is 12.0 Å². The highest BCUT2D eigenvalue weighted by atomic mass is 19.4. The van der Waals surface area contributed by atoms with Gasteiger partial charge in [0.25, 0.3) is 0 Å². The zero-order valence-electron chi connectivity index (χ0n) is 11.8. The van der Waals surface area contributed by atoms with Gasteiger partial charge < -0.3 is 15.2 Å². The second kappa shape index (κ2) is 6.95. The molecule has 0 saturated carbocycles. The molecule has 3 nitrogen and oxygen atoms in total. The minimum Gasteiger partial charge on any atom is -0.488 e. The Hall–Kier alpha value is -1.27. The number of hydrogen-bond donors (Lipinski definition) is 1. The number of halogens is 3. The normalized spacial score (nSPS) is 14.9. The van der Waals surface area contributed by atoms with Crippen LogP contribution in [0.1, 0.15) is 25.0 Å². The van der Waals surface area contributed by atoms with Crippen molar-refractivity contribution in [2.24, 2.45) is 5.73 Å². The number of nitrogens with two attached hydrogens (primary N) is 1. The van der Waals surface area contributed by atoms with Gasteiger partial charge in [-0.1, -0.05) is 6.07 Å². The third-order valence-electron chi connectivity index (χ3n) is 2.64. The summed E-state index contributed by atoms with van der Waals surface area (Å²) in [4.78, 5) is 0. The van der Waals surface area contributed by atoms with Crippen molar-refractivity contribution in [3.05, 3.63) is 29.3 Å². The van der Waals surface area contributed by atoms with Gasteiger partial charge in [-0.25, -0.2) is 0 Å². The van der Waals surface area contributed by atoms with Crippen LogP contribution in [0.25, 0.3) is 0 Å². The van der Waals surface area contributed by atoms with Gasteiger partial charge in [0.05, 0.1) is 12.2 Å². The second-order valence-corrected chi connectivity index (χ2v) is 4.89. The molecule has 2 unspecified atom stereocenters. The summed E-state index contributed by atoms with van der Waals surface area (Å²) in [5, 5.41) is 0. The van der Waals surface area contributed by atoms with Crippen molar-refractivity contribution in [2.75, 3.05) is 13.7 Å². The van der Waals surface area contributed by atoms with E-state index in [1.54, 1.807) is 19.9 Å². The molecule has 0 aliphatic rings. The van der Waals surface area contributed by atoms with Crippen molar-refractivity contribution >= 4 is 0 Å². The number of benzene rings is 1. The van der Waals surface area contributed by atoms with E-state index in [-0.39, 0.29) is 18.4 Å². The van der Waals surface area contributed by atoms with Gasteiger partial charge in [0, 0.05) is 13.2 Å². The van der Waals surface area contributed by atoms with Crippen LogP contribution in [-0.4, -0.2) is 25.9 Å². The first-order valence-electron chi connectivity index (χ1n) is 6.35. The van der Waals surface area contributed by atoms with E-state index >= 15 is 0 Å². The summed E-state index contributed by atoms with van der Waals surface area (Å²) < 4.78 is 49.3. The lowest BCUT2D eigenvalue weighted by Crippen LogP contribution is -2.21. The summed E-state index contributed by atoms with van der Waals surface area (Å²) in [6.45, 7) is 3.62. The molecule has 0 saturated heterocycles. The lowest BCUT2D eigenvalue weighted by Gasteiger charge is -2.19. The molecule has 0 radical (unpaired) electrons. The number of alkyl halides is 3. The summed E-state index contributed by atoms with van der Waals surface area (Å²) in [7, 11) is 1.47. The molecule has 0 fully saturated rings. The molecule has 0 aliphatic heterocycles. The SMILES string of the molecule is COCC(C)Oc1ccc(CC(C)N)cc1C(F)(F)F. The van der Waals surface area contributed by atoms with Gasteiger partial charge in [-0.2, -0.15) is 13.2 Å². The van der Waals surface area contributed by atoms with E-state index in [1.807, 2.05) is 0 Å². The van der Waals surface area contributed by atoms with Crippen molar-refractivity contribution in [3.8, 4) is 5.75 Å². The first-order valence-corrected chi connectivity index (χ1v) is 6.35. The predicted molar refractivity (Wildman–Crippen MR) is 70.8 cm³/mol. The fourth-order valence-electron chi connectivity index (χ4n) is 1.89. The largest absolute Gasteiger partial charge is 0.488 e. The topological polar surface area (TPSA) is 44.5 Å². The van der Waals surface area contributed by atoms with Crippen molar-refractivity contribution < 1.29 is 22.6 Å². The van der Waals surface area contributed by atoms with Crippen LogP contribution in [0.3, 0.4) is 0 Å². The molecule has 0 heterocycles. The Morgan fingerprint density at radius 3 is 2.40 bits per heavy atom. The third-order valence-corrected chi connectivity index (χ3v) is 2.64. The van der Waals surface area contributed by atoms with Crippen LogP contribution in [0.5, 0.6) is 5.75 Å². The molecule has 1 aromatic rings. The molecule has 6 heteroatoms. The molecular formula is C14H20F3NO2. The Balaban J connectivity index is 3.04. The average Bonchev–Trinajstić information content (AvgIpc) is 2.29. The Bertz CT molecular complexity index is 433. The van der Waals surface area contributed by atoms with Gasteiger partial charge in [-0.3, -0.25) is 0 Å². The van der Waals surface area contributed by atoms with Gasteiger partial charge in [0.15, 0.2) is 0 Å². The number of methoxy groups -OCH3 is 1. The van der Waals surface area contributed by atoms with Crippen LogP contribution in [0.4, 0.5) is 13.2 Å². The second-order valence-electron chi connectivity index (χ2n) is 4.89. The number of ether oxygens (including phenoxy) is 2. The molecule has 0 aromatic heterocycles. The number of hydrogen-bond acceptors (Lipinski definition) is 3. The standard InChI is InChI=1S/C14H20F3NO2/c1-9(18)6-11-4-5-13(20-10(2)8-19-3)12(7-11)14(15,16)17/h4-5,7,9-10H,6,8,18H2,1-3H3. The highest BCUT2D eigenvalue weighted by Crippen LogP contribution is 2.37. The number of rotatable bonds is 6. The predicted octanol–water partition coefficient (Wildman–Crippen LogP) is 3.01. The maximum atomic E-state index is 13.1. The van der Waals surface area contributed by atoms with Crippen molar-refractivity contribution in [3.63, 3.8) is 0 Å². The highest BCUT2D eigenvalue weighted by molar-refractivity contribution is 5.39. The lowest BCUT2D eigenvalue weighted by molar-refractivity contribution is -0.139. The van der Waals surface area contributed by atoms with Crippen molar-refractivity contribution in [1.29, 1.82) is 0 Å². The van der Waals surface area contributed by atoms with E-state index in [2.05, 4.69) is 0 Å². The minimum absolute atomic E-state index is 0.185. The summed E-state index contributed by atoms with van der Waals surface area (Å²) in [5.74, 6) is -0.185. The van der Waals surface area contributed by atoms with Crippen LogP contribution in [0, 0.1) is 0 Å².